The second-order valence-corrected chi connectivity index (χ2v) is 5.89. The standard InChI is InChI=1S/C16H22N2O/c17-16(11-4-2-1-3-5-11)13-6-8-14-12(10-13)7-9-15(19)18-14/h6,8,10-11,16H,1-5,7,9,17H2,(H,18,19). The van der Waals surface area contributed by atoms with E-state index < -0.39 is 0 Å². The van der Waals surface area contributed by atoms with Crippen LogP contribution in [-0.4, -0.2) is 5.91 Å². The van der Waals surface area contributed by atoms with Crippen LogP contribution in [-0.2, 0) is 11.2 Å². The lowest BCUT2D eigenvalue weighted by Crippen LogP contribution is -2.24. The van der Waals surface area contributed by atoms with Crippen LogP contribution in [0.3, 0.4) is 0 Å². The summed E-state index contributed by atoms with van der Waals surface area (Å²) in [6.45, 7) is 0. The molecule has 1 fully saturated rings. The number of nitrogens with one attached hydrogen (secondary N) is 1. The molecule has 1 aromatic carbocycles. The molecule has 0 saturated heterocycles. The number of benzene rings is 1. The largest absolute Gasteiger partial charge is 0.326 e. The lowest BCUT2D eigenvalue weighted by Gasteiger charge is -2.28. The first-order valence-corrected chi connectivity index (χ1v) is 7.42. The maximum atomic E-state index is 11.4. The summed E-state index contributed by atoms with van der Waals surface area (Å²) in [5.74, 6) is 0.752. The molecule has 1 heterocycles. The van der Waals surface area contributed by atoms with E-state index in [0.717, 1.165) is 12.1 Å². The summed E-state index contributed by atoms with van der Waals surface area (Å²) >= 11 is 0. The molecule has 1 atom stereocenters. The highest BCUT2D eigenvalue weighted by atomic mass is 16.1. The summed E-state index contributed by atoms with van der Waals surface area (Å²) in [7, 11) is 0. The van der Waals surface area contributed by atoms with E-state index in [1.165, 1.54) is 43.2 Å². The van der Waals surface area contributed by atoms with Crippen molar-refractivity contribution in [2.24, 2.45) is 11.7 Å². The topological polar surface area (TPSA) is 55.1 Å². The summed E-state index contributed by atoms with van der Waals surface area (Å²) in [4.78, 5) is 11.4. The molecule has 1 unspecified atom stereocenters. The summed E-state index contributed by atoms with van der Waals surface area (Å²) in [5, 5.41) is 2.93. The Kier molecular flexibility index (Phi) is 3.56. The first-order valence-electron chi connectivity index (χ1n) is 7.42. The van der Waals surface area contributed by atoms with E-state index in [9.17, 15) is 4.79 Å². The Bertz CT molecular complexity index is 478. The number of hydrogen-bond acceptors (Lipinski definition) is 2. The van der Waals surface area contributed by atoms with Gasteiger partial charge in [-0.15, -0.1) is 0 Å². The fourth-order valence-corrected chi connectivity index (χ4v) is 3.38. The molecule has 1 aliphatic carbocycles. The first kappa shape index (κ1) is 12.7. The molecule has 0 spiro atoms. The molecule has 3 rings (SSSR count). The highest BCUT2D eigenvalue weighted by Crippen LogP contribution is 2.34. The maximum Gasteiger partial charge on any atom is 0.224 e. The third-order valence-corrected chi connectivity index (χ3v) is 4.57. The second kappa shape index (κ2) is 5.33. The first-order chi connectivity index (χ1) is 9.24. The Morgan fingerprint density at radius 3 is 2.74 bits per heavy atom. The molecule has 2 aliphatic rings. The molecule has 3 nitrogen and oxygen atoms in total. The predicted molar refractivity (Wildman–Crippen MR) is 76.9 cm³/mol. The van der Waals surface area contributed by atoms with Crippen molar-refractivity contribution in [1.82, 2.24) is 0 Å². The molecule has 1 aliphatic heterocycles. The molecule has 0 aromatic heterocycles. The Morgan fingerprint density at radius 2 is 1.95 bits per heavy atom. The Balaban J connectivity index is 1.79. The average molecular weight is 258 g/mol. The van der Waals surface area contributed by atoms with Crippen molar-refractivity contribution in [2.75, 3.05) is 5.32 Å². The minimum Gasteiger partial charge on any atom is -0.326 e. The van der Waals surface area contributed by atoms with Gasteiger partial charge in [0.15, 0.2) is 0 Å². The van der Waals surface area contributed by atoms with E-state index in [1.807, 2.05) is 6.07 Å². The smallest absolute Gasteiger partial charge is 0.224 e. The molecule has 19 heavy (non-hydrogen) atoms. The van der Waals surface area contributed by atoms with Gasteiger partial charge in [-0.25, -0.2) is 0 Å². The number of rotatable bonds is 2. The number of aryl methyl sites for hydroxylation is 1. The summed E-state index contributed by atoms with van der Waals surface area (Å²) in [5.41, 5.74) is 9.89. The van der Waals surface area contributed by atoms with Gasteiger partial charge in [-0.3, -0.25) is 4.79 Å². The third kappa shape index (κ3) is 2.66. The van der Waals surface area contributed by atoms with Crippen LogP contribution >= 0.6 is 0 Å². The van der Waals surface area contributed by atoms with Crippen molar-refractivity contribution in [1.29, 1.82) is 0 Å². The highest BCUT2D eigenvalue weighted by molar-refractivity contribution is 5.93. The monoisotopic (exact) mass is 258 g/mol. The lowest BCUT2D eigenvalue weighted by atomic mass is 9.81. The zero-order chi connectivity index (χ0) is 13.2. The quantitative estimate of drug-likeness (QED) is 0.856. The predicted octanol–water partition coefficient (Wildman–Crippen LogP) is 3.15. The van der Waals surface area contributed by atoms with E-state index in [0.29, 0.717) is 12.3 Å². The molecule has 3 N–H and O–H groups in total. The van der Waals surface area contributed by atoms with Gasteiger partial charge in [-0.05, 0) is 42.4 Å². The van der Waals surface area contributed by atoms with Gasteiger partial charge in [0.2, 0.25) is 5.91 Å². The lowest BCUT2D eigenvalue weighted by molar-refractivity contribution is -0.116. The number of anilines is 1. The van der Waals surface area contributed by atoms with Crippen LogP contribution in [0.2, 0.25) is 0 Å². The minimum atomic E-state index is 0.122. The van der Waals surface area contributed by atoms with Gasteiger partial charge in [0.25, 0.3) is 0 Å². The van der Waals surface area contributed by atoms with E-state index >= 15 is 0 Å². The molecular weight excluding hydrogens is 236 g/mol. The maximum absolute atomic E-state index is 11.4. The van der Waals surface area contributed by atoms with Crippen molar-refractivity contribution in [3.63, 3.8) is 0 Å². The van der Waals surface area contributed by atoms with Crippen LogP contribution in [0.25, 0.3) is 0 Å². The summed E-state index contributed by atoms with van der Waals surface area (Å²) < 4.78 is 0. The minimum absolute atomic E-state index is 0.122. The summed E-state index contributed by atoms with van der Waals surface area (Å²) in [6, 6.07) is 6.46. The molecule has 0 radical (unpaired) electrons. The molecule has 102 valence electrons. The third-order valence-electron chi connectivity index (χ3n) is 4.57. The molecule has 1 aromatic rings. The van der Waals surface area contributed by atoms with Crippen molar-refractivity contribution in [3.8, 4) is 0 Å². The van der Waals surface area contributed by atoms with Gasteiger partial charge in [0.1, 0.15) is 0 Å². The number of fused-ring (bicyclic) bond motifs is 1. The van der Waals surface area contributed by atoms with Gasteiger partial charge in [0, 0.05) is 18.2 Å². The van der Waals surface area contributed by atoms with Gasteiger partial charge in [0.05, 0.1) is 0 Å². The number of hydrogen-bond donors (Lipinski definition) is 2. The number of carbonyl (C=O) groups is 1. The zero-order valence-electron chi connectivity index (χ0n) is 11.3. The van der Waals surface area contributed by atoms with Crippen LogP contribution < -0.4 is 11.1 Å². The number of nitrogens with two attached hydrogens (primary N) is 1. The van der Waals surface area contributed by atoms with Crippen molar-refractivity contribution in [3.05, 3.63) is 29.3 Å². The van der Waals surface area contributed by atoms with E-state index in [2.05, 4.69) is 17.4 Å². The molecule has 0 bridgehead atoms. The van der Waals surface area contributed by atoms with Crippen LogP contribution in [0.15, 0.2) is 18.2 Å². The molecule has 1 amide bonds. The van der Waals surface area contributed by atoms with Crippen LogP contribution in [0.5, 0.6) is 0 Å². The normalized spacial score (nSPS) is 21.6. The Labute approximate surface area is 114 Å². The van der Waals surface area contributed by atoms with Crippen LogP contribution in [0.4, 0.5) is 5.69 Å². The number of carbonyl (C=O) groups excluding carboxylic acids is 1. The highest BCUT2D eigenvalue weighted by Gasteiger charge is 2.23. The van der Waals surface area contributed by atoms with Gasteiger partial charge in [-0.1, -0.05) is 31.4 Å². The molecular formula is C16H22N2O. The van der Waals surface area contributed by atoms with Crippen molar-refractivity contribution < 1.29 is 4.79 Å². The fourth-order valence-electron chi connectivity index (χ4n) is 3.38. The zero-order valence-corrected chi connectivity index (χ0v) is 11.3. The van der Waals surface area contributed by atoms with Gasteiger partial charge >= 0.3 is 0 Å². The van der Waals surface area contributed by atoms with Crippen LogP contribution in [0, 0.1) is 5.92 Å². The summed E-state index contributed by atoms with van der Waals surface area (Å²) in [6.07, 6.45) is 7.95. The van der Waals surface area contributed by atoms with E-state index in [4.69, 9.17) is 5.73 Å². The molecule has 3 heteroatoms. The fraction of sp³-hybridized carbons (Fsp3) is 0.562. The van der Waals surface area contributed by atoms with Gasteiger partial charge in [-0.2, -0.15) is 0 Å². The van der Waals surface area contributed by atoms with Gasteiger partial charge < -0.3 is 11.1 Å². The molecule has 1 saturated carbocycles. The Morgan fingerprint density at radius 1 is 1.16 bits per heavy atom. The SMILES string of the molecule is NC(c1ccc2c(c1)CCC(=O)N2)C1CCCCC1. The van der Waals surface area contributed by atoms with E-state index in [-0.39, 0.29) is 11.9 Å². The van der Waals surface area contributed by atoms with Crippen molar-refractivity contribution in [2.45, 2.75) is 51.0 Å². The Hall–Kier alpha value is -1.35. The van der Waals surface area contributed by atoms with Crippen molar-refractivity contribution >= 4 is 11.6 Å². The van der Waals surface area contributed by atoms with E-state index in [1.54, 1.807) is 0 Å². The number of amides is 1. The average Bonchev–Trinajstić information content (AvgIpc) is 2.47. The van der Waals surface area contributed by atoms with Crippen LogP contribution in [0.1, 0.15) is 55.7 Å². The second-order valence-electron chi connectivity index (χ2n) is 5.89.